The lowest BCUT2D eigenvalue weighted by Crippen LogP contribution is -2.37. The summed E-state index contributed by atoms with van der Waals surface area (Å²) in [5.74, 6) is 0.789. The summed E-state index contributed by atoms with van der Waals surface area (Å²) in [6.45, 7) is 6.42. The van der Waals surface area contributed by atoms with Crippen LogP contribution in [0, 0.1) is 5.92 Å². The van der Waals surface area contributed by atoms with Gasteiger partial charge in [0, 0.05) is 19.0 Å². The number of amides is 1. The van der Waals surface area contributed by atoms with Crippen LogP contribution in [0.1, 0.15) is 39.5 Å². The summed E-state index contributed by atoms with van der Waals surface area (Å²) in [7, 11) is 2.14. The average Bonchev–Trinajstić information content (AvgIpc) is 2.17. The summed E-state index contributed by atoms with van der Waals surface area (Å²) in [4.78, 5) is 14.0. The molecule has 1 saturated heterocycles. The van der Waals surface area contributed by atoms with Gasteiger partial charge in [-0.1, -0.05) is 6.92 Å². The first kappa shape index (κ1) is 12.5. The Hall–Kier alpha value is -0.570. The first-order chi connectivity index (χ1) is 7.11. The summed E-state index contributed by atoms with van der Waals surface area (Å²) in [6.07, 6.45) is 4.15. The largest absolute Gasteiger partial charge is 0.354 e. The number of likely N-dealkylation sites (tertiary alicyclic amines) is 1. The van der Waals surface area contributed by atoms with E-state index in [0.717, 1.165) is 13.0 Å². The Morgan fingerprint density at radius 1 is 1.60 bits per heavy atom. The van der Waals surface area contributed by atoms with Gasteiger partial charge < -0.3 is 10.2 Å². The van der Waals surface area contributed by atoms with Crippen LogP contribution in [-0.2, 0) is 4.79 Å². The van der Waals surface area contributed by atoms with E-state index in [9.17, 15) is 4.79 Å². The molecule has 1 rings (SSSR count). The van der Waals surface area contributed by atoms with E-state index in [2.05, 4.69) is 31.1 Å². The molecule has 0 saturated carbocycles. The molecule has 0 radical (unpaired) electrons. The Labute approximate surface area is 93.2 Å². The molecule has 0 bridgehead atoms. The Bertz CT molecular complexity index is 206. The van der Waals surface area contributed by atoms with Crippen LogP contribution in [-0.4, -0.2) is 37.0 Å². The molecule has 1 aliphatic heterocycles. The first-order valence-electron chi connectivity index (χ1n) is 6.09. The van der Waals surface area contributed by atoms with E-state index in [1.54, 1.807) is 0 Å². The number of hydrogen-bond donors (Lipinski definition) is 1. The molecule has 1 N–H and O–H groups in total. The van der Waals surface area contributed by atoms with Gasteiger partial charge in [0.05, 0.1) is 0 Å². The predicted octanol–water partition coefficient (Wildman–Crippen LogP) is 1.63. The van der Waals surface area contributed by atoms with Crippen molar-refractivity contribution in [1.82, 2.24) is 10.2 Å². The summed E-state index contributed by atoms with van der Waals surface area (Å²) < 4.78 is 0. The van der Waals surface area contributed by atoms with E-state index in [1.807, 2.05) is 0 Å². The van der Waals surface area contributed by atoms with Crippen molar-refractivity contribution in [2.45, 2.75) is 45.6 Å². The lowest BCUT2D eigenvalue weighted by molar-refractivity contribution is -0.123. The van der Waals surface area contributed by atoms with Crippen LogP contribution in [0.4, 0.5) is 0 Å². The van der Waals surface area contributed by atoms with Gasteiger partial charge in [0.1, 0.15) is 0 Å². The highest BCUT2D eigenvalue weighted by Gasteiger charge is 2.20. The fourth-order valence-corrected chi connectivity index (χ4v) is 2.14. The normalized spacial score (nSPS) is 24.9. The highest BCUT2D eigenvalue weighted by atomic mass is 16.1. The molecule has 0 aliphatic carbocycles. The third-order valence-corrected chi connectivity index (χ3v) is 3.22. The second kappa shape index (κ2) is 6.11. The van der Waals surface area contributed by atoms with E-state index >= 15 is 0 Å². The van der Waals surface area contributed by atoms with E-state index in [0.29, 0.717) is 18.4 Å². The Balaban J connectivity index is 2.24. The van der Waals surface area contributed by atoms with Gasteiger partial charge in [0.2, 0.25) is 5.91 Å². The Morgan fingerprint density at radius 3 is 2.93 bits per heavy atom. The standard InChI is InChI=1S/C12H24N2O/c1-4-10(2)13-12(15)8-11-6-5-7-14(3)9-11/h10-11H,4-9H2,1-3H3,(H,13,15). The summed E-state index contributed by atoms with van der Waals surface area (Å²) in [5, 5.41) is 3.03. The zero-order valence-electron chi connectivity index (χ0n) is 10.3. The number of nitrogens with one attached hydrogen (secondary N) is 1. The quantitative estimate of drug-likeness (QED) is 0.768. The Morgan fingerprint density at radius 2 is 2.33 bits per heavy atom. The molecule has 2 unspecified atom stereocenters. The van der Waals surface area contributed by atoms with E-state index in [-0.39, 0.29) is 5.91 Å². The summed E-state index contributed by atoms with van der Waals surface area (Å²) in [6, 6.07) is 0.318. The molecule has 2 atom stereocenters. The molecule has 0 spiro atoms. The van der Waals surface area contributed by atoms with Crippen LogP contribution in [0.25, 0.3) is 0 Å². The van der Waals surface area contributed by atoms with Gasteiger partial charge in [-0.05, 0) is 45.7 Å². The van der Waals surface area contributed by atoms with Crippen molar-refractivity contribution in [2.75, 3.05) is 20.1 Å². The fourth-order valence-electron chi connectivity index (χ4n) is 2.14. The SMILES string of the molecule is CCC(C)NC(=O)CC1CCCN(C)C1. The van der Waals surface area contributed by atoms with Crippen LogP contribution in [0.15, 0.2) is 0 Å². The number of piperidine rings is 1. The molecule has 0 aromatic heterocycles. The monoisotopic (exact) mass is 212 g/mol. The maximum absolute atomic E-state index is 11.7. The molecule has 1 amide bonds. The van der Waals surface area contributed by atoms with E-state index < -0.39 is 0 Å². The molecule has 1 fully saturated rings. The van der Waals surface area contributed by atoms with Gasteiger partial charge in [-0.3, -0.25) is 4.79 Å². The van der Waals surface area contributed by atoms with Crippen molar-refractivity contribution in [2.24, 2.45) is 5.92 Å². The molecular weight excluding hydrogens is 188 g/mol. The molecular formula is C12H24N2O. The highest BCUT2D eigenvalue weighted by molar-refractivity contribution is 5.76. The number of hydrogen-bond acceptors (Lipinski definition) is 2. The first-order valence-corrected chi connectivity index (χ1v) is 6.09. The zero-order valence-corrected chi connectivity index (χ0v) is 10.3. The number of rotatable bonds is 4. The maximum Gasteiger partial charge on any atom is 0.220 e. The second-order valence-electron chi connectivity index (χ2n) is 4.85. The van der Waals surface area contributed by atoms with Crippen LogP contribution >= 0.6 is 0 Å². The van der Waals surface area contributed by atoms with Crippen LogP contribution in [0.5, 0.6) is 0 Å². The van der Waals surface area contributed by atoms with Crippen LogP contribution < -0.4 is 5.32 Å². The minimum absolute atomic E-state index is 0.227. The molecule has 1 aliphatic rings. The smallest absolute Gasteiger partial charge is 0.220 e. The van der Waals surface area contributed by atoms with Gasteiger partial charge in [0.15, 0.2) is 0 Å². The lowest BCUT2D eigenvalue weighted by Gasteiger charge is -2.29. The number of carbonyl (C=O) groups is 1. The number of carbonyl (C=O) groups excluding carboxylic acids is 1. The van der Waals surface area contributed by atoms with Gasteiger partial charge in [-0.2, -0.15) is 0 Å². The third-order valence-electron chi connectivity index (χ3n) is 3.22. The van der Waals surface area contributed by atoms with Gasteiger partial charge in [-0.25, -0.2) is 0 Å². The van der Waals surface area contributed by atoms with Crippen molar-refractivity contribution in [3.63, 3.8) is 0 Å². The lowest BCUT2D eigenvalue weighted by atomic mass is 9.95. The summed E-state index contributed by atoms with van der Waals surface area (Å²) in [5.41, 5.74) is 0. The minimum Gasteiger partial charge on any atom is -0.354 e. The van der Waals surface area contributed by atoms with Crippen LogP contribution in [0.2, 0.25) is 0 Å². The van der Waals surface area contributed by atoms with Gasteiger partial charge in [0.25, 0.3) is 0 Å². The molecule has 3 heteroatoms. The van der Waals surface area contributed by atoms with E-state index in [4.69, 9.17) is 0 Å². The van der Waals surface area contributed by atoms with E-state index in [1.165, 1.54) is 19.4 Å². The van der Waals surface area contributed by atoms with Crippen molar-refractivity contribution >= 4 is 5.91 Å². The van der Waals surface area contributed by atoms with Gasteiger partial charge >= 0.3 is 0 Å². The van der Waals surface area contributed by atoms with Crippen molar-refractivity contribution < 1.29 is 4.79 Å². The van der Waals surface area contributed by atoms with Crippen molar-refractivity contribution in [3.8, 4) is 0 Å². The highest BCUT2D eigenvalue weighted by Crippen LogP contribution is 2.18. The molecule has 1 heterocycles. The molecule has 0 aromatic rings. The Kier molecular flexibility index (Phi) is 5.09. The predicted molar refractivity (Wildman–Crippen MR) is 62.7 cm³/mol. The molecule has 0 aromatic carbocycles. The third kappa shape index (κ3) is 4.65. The number of nitrogens with zero attached hydrogens (tertiary/aromatic N) is 1. The molecule has 88 valence electrons. The van der Waals surface area contributed by atoms with Crippen LogP contribution in [0.3, 0.4) is 0 Å². The molecule has 15 heavy (non-hydrogen) atoms. The van der Waals surface area contributed by atoms with Crippen molar-refractivity contribution in [3.05, 3.63) is 0 Å². The fraction of sp³-hybridized carbons (Fsp3) is 0.917. The molecule has 3 nitrogen and oxygen atoms in total. The maximum atomic E-state index is 11.7. The summed E-state index contributed by atoms with van der Waals surface area (Å²) >= 11 is 0. The zero-order chi connectivity index (χ0) is 11.3. The second-order valence-corrected chi connectivity index (χ2v) is 4.85. The minimum atomic E-state index is 0.227. The van der Waals surface area contributed by atoms with Gasteiger partial charge in [-0.15, -0.1) is 0 Å². The van der Waals surface area contributed by atoms with Crippen molar-refractivity contribution in [1.29, 1.82) is 0 Å². The topological polar surface area (TPSA) is 32.3 Å². The average molecular weight is 212 g/mol.